The Morgan fingerprint density at radius 2 is 2.21 bits per heavy atom. The summed E-state index contributed by atoms with van der Waals surface area (Å²) in [4.78, 5) is 15.8. The van der Waals surface area contributed by atoms with Crippen LogP contribution in [-0.2, 0) is 4.74 Å². The van der Waals surface area contributed by atoms with Gasteiger partial charge >= 0.3 is 0 Å². The van der Waals surface area contributed by atoms with Crippen molar-refractivity contribution in [2.24, 2.45) is 5.92 Å². The van der Waals surface area contributed by atoms with E-state index in [-0.39, 0.29) is 0 Å². The first-order valence-corrected chi connectivity index (χ1v) is 8.71. The quantitative estimate of drug-likeness (QED) is 0.787. The number of hydrogen-bond acceptors (Lipinski definition) is 6. The van der Waals surface area contributed by atoms with Gasteiger partial charge in [-0.2, -0.15) is 0 Å². The summed E-state index contributed by atoms with van der Waals surface area (Å²) in [6.45, 7) is 9.34. The summed E-state index contributed by atoms with van der Waals surface area (Å²) in [6.07, 6.45) is 3.94. The highest BCUT2D eigenvalue weighted by Crippen LogP contribution is 2.24. The minimum absolute atomic E-state index is 0.663. The molecule has 6 nitrogen and oxygen atoms in total. The highest BCUT2D eigenvalue weighted by atomic mass is 16.5. The number of nitrogens with zero attached hydrogens (tertiary/aromatic N) is 4. The first-order valence-electron chi connectivity index (χ1n) is 8.71. The van der Waals surface area contributed by atoms with Crippen LogP contribution in [0.2, 0.25) is 0 Å². The molecule has 0 amide bonds. The molecule has 0 aliphatic carbocycles. The molecule has 1 fully saturated rings. The number of fused-ring (bicyclic) bond motifs is 1. The lowest BCUT2D eigenvalue weighted by Crippen LogP contribution is -2.25. The molecule has 1 aliphatic rings. The second kappa shape index (κ2) is 7.85. The van der Waals surface area contributed by atoms with E-state index in [9.17, 15) is 0 Å². The summed E-state index contributed by atoms with van der Waals surface area (Å²) in [5.41, 5.74) is 2.94. The van der Waals surface area contributed by atoms with Crippen molar-refractivity contribution >= 4 is 16.9 Å². The molecule has 1 aliphatic heterocycles. The van der Waals surface area contributed by atoms with Gasteiger partial charge < -0.3 is 15.0 Å². The molecule has 3 heterocycles. The maximum Gasteiger partial charge on any atom is 0.165 e. The molecule has 3 rings (SSSR count). The van der Waals surface area contributed by atoms with Crippen molar-refractivity contribution in [3.63, 3.8) is 0 Å². The van der Waals surface area contributed by atoms with Crippen molar-refractivity contribution in [3.8, 4) is 0 Å². The predicted octanol–water partition coefficient (Wildman–Crippen LogP) is 2.41. The van der Waals surface area contributed by atoms with Crippen molar-refractivity contribution in [1.82, 2.24) is 19.9 Å². The average Bonchev–Trinajstić information content (AvgIpc) is 3.00. The number of aromatic nitrogens is 3. The fraction of sp³-hybridized carbons (Fsp3) is 0.611. The molecular formula is C18H27N5O. The normalized spacial score (nSPS) is 18.4. The van der Waals surface area contributed by atoms with Crippen molar-refractivity contribution in [2.45, 2.75) is 26.7 Å². The molecule has 1 N–H and O–H groups in total. The molecule has 1 saturated heterocycles. The number of pyridine rings is 1. The predicted molar refractivity (Wildman–Crippen MR) is 96.3 cm³/mol. The van der Waals surface area contributed by atoms with Gasteiger partial charge in [0.15, 0.2) is 5.65 Å². The molecule has 2 aromatic heterocycles. The Labute approximate surface area is 143 Å². The lowest BCUT2D eigenvalue weighted by Gasteiger charge is -2.16. The van der Waals surface area contributed by atoms with Crippen LogP contribution in [0.3, 0.4) is 0 Å². The Bertz CT molecular complexity index is 690. The smallest absolute Gasteiger partial charge is 0.165 e. The van der Waals surface area contributed by atoms with E-state index in [0.29, 0.717) is 5.92 Å². The van der Waals surface area contributed by atoms with Crippen LogP contribution in [0, 0.1) is 19.8 Å². The van der Waals surface area contributed by atoms with Crippen molar-refractivity contribution in [1.29, 1.82) is 0 Å². The lowest BCUT2D eigenvalue weighted by atomic mass is 10.1. The number of aryl methyl sites for hydroxylation is 2. The maximum atomic E-state index is 5.14. The standard InChI is InChI=1S/C18H27N5O/c1-13-9-14(2)22-18-16(13)17(20-12-21-18)19-10-15-5-7-23(11-15)6-4-8-24-3/h9,12,15H,4-8,10-11H2,1-3H3,(H,19,20,21,22)/t15-/m1/s1. The van der Waals surface area contributed by atoms with Crippen LogP contribution in [-0.4, -0.2) is 59.7 Å². The van der Waals surface area contributed by atoms with E-state index in [4.69, 9.17) is 4.74 Å². The number of methoxy groups -OCH3 is 1. The zero-order valence-corrected chi connectivity index (χ0v) is 14.9. The molecule has 1 atom stereocenters. The fourth-order valence-corrected chi connectivity index (χ4v) is 3.50. The summed E-state index contributed by atoms with van der Waals surface area (Å²) in [7, 11) is 1.76. The zero-order chi connectivity index (χ0) is 16.9. The lowest BCUT2D eigenvalue weighted by molar-refractivity contribution is 0.178. The van der Waals surface area contributed by atoms with E-state index in [1.807, 2.05) is 6.92 Å². The minimum Gasteiger partial charge on any atom is -0.385 e. The molecule has 0 radical (unpaired) electrons. The van der Waals surface area contributed by atoms with Gasteiger partial charge in [0.1, 0.15) is 12.1 Å². The van der Waals surface area contributed by atoms with E-state index >= 15 is 0 Å². The van der Waals surface area contributed by atoms with E-state index in [2.05, 4.69) is 38.2 Å². The van der Waals surface area contributed by atoms with E-state index < -0.39 is 0 Å². The average molecular weight is 329 g/mol. The van der Waals surface area contributed by atoms with Crippen LogP contribution in [0.1, 0.15) is 24.1 Å². The molecule has 6 heteroatoms. The van der Waals surface area contributed by atoms with E-state index in [0.717, 1.165) is 55.2 Å². The van der Waals surface area contributed by atoms with Crippen LogP contribution in [0.5, 0.6) is 0 Å². The van der Waals surface area contributed by atoms with Gasteiger partial charge in [-0.25, -0.2) is 15.0 Å². The van der Waals surface area contributed by atoms with Crippen LogP contribution >= 0.6 is 0 Å². The van der Waals surface area contributed by atoms with Gasteiger partial charge in [-0.05, 0) is 50.8 Å². The molecule has 0 unspecified atom stereocenters. The van der Waals surface area contributed by atoms with Crippen LogP contribution < -0.4 is 5.32 Å². The van der Waals surface area contributed by atoms with Gasteiger partial charge in [-0.3, -0.25) is 0 Å². The van der Waals surface area contributed by atoms with E-state index in [1.165, 1.54) is 18.5 Å². The largest absolute Gasteiger partial charge is 0.385 e. The molecule has 0 spiro atoms. The first-order chi connectivity index (χ1) is 11.7. The molecule has 130 valence electrons. The molecule has 24 heavy (non-hydrogen) atoms. The van der Waals surface area contributed by atoms with Crippen molar-refractivity contribution in [2.75, 3.05) is 45.2 Å². The molecule has 0 aromatic carbocycles. The zero-order valence-electron chi connectivity index (χ0n) is 14.9. The van der Waals surface area contributed by atoms with Crippen LogP contribution in [0.15, 0.2) is 12.4 Å². The Kier molecular flexibility index (Phi) is 5.58. The molecule has 0 saturated carbocycles. The molecular weight excluding hydrogens is 302 g/mol. The first kappa shape index (κ1) is 17.0. The number of ether oxygens (including phenoxy) is 1. The van der Waals surface area contributed by atoms with Crippen molar-refractivity contribution in [3.05, 3.63) is 23.7 Å². The minimum atomic E-state index is 0.663. The third-order valence-electron chi connectivity index (χ3n) is 4.68. The maximum absolute atomic E-state index is 5.14. The van der Waals surface area contributed by atoms with Gasteiger partial charge in [0, 0.05) is 39.0 Å². The highest BCUT2D eigenvalue weighted by molar-refractivity contribution is 5.89. The van der Waals surface area contributed by atoms with Crippen LogP contribution in [0.4, 0.5) is 5.82 Å². The van der Waals surface area contributed by atoms with E-state index in [1.54, 1.807) is 13.4 Å². The van der Waals surface area contributed by atoms with Gasteiger partial charge in [0.05, 0.1) is 5.39 Å². The highest BCUT2D eigenvalue weighted by Gasteiger charge is 2.22. The second-order valence-corrected chi connectivity index (χ2v) is 6.68. The Hall–Kier alpha value is -1.79. The summed E-state index contributed by atoms with van der Waals surface area (Å²) in [6, 6.07) is 2.09. The number of likely N-dealkylation sites (tertiary alicyclic amines) is 1. The number of rotatable bonds is 7. The number of hydrogen-bond donors (Lipinski definition) is 1. The Morgan fingerprint density at radius 1 is 1.33 bits per heavy atom. The monoisotopic (exact) mass is 329 g/mol. The topological polar surface area (TPSA) is 63.2 Å². The van der Waals surface area contributed by atoms with Crippen LogP contribution in [0.25, 0.3) is 11.0 Å². The Morgan fingerprint density at radius 3 is 3.04 bits per heavy atom. The van der Waals surface area contributed by atoms with Gasteiger partial charge in [-0.1, -0.05) is 0 Å². The molecule has 2 aromatic rings. The summed E-state index contributed by atoms with van der Waals surface area (Å²) in [5.74, 6) is 1.57. The third kappa shape index (κ3) is 3.99. The SMILES string of the molecule is COCCCN1CC[C@H](CNc2ncnc3nc(C)cc(C)c23)C1. The third-order valence-corrected chi connectivity index (χ3v) is 4.68. The van der Waals surface area contributed by atoms with Crippen molar-refractivity contribution < 1.29 is 4.74 Å². The number of nitrogens with one attached hydrogen (secondary N) is 1. The van der Waals surface area contributed by atoms with Gasteiger partial charge in [0.2, 0.25) is 0 Å². The summed E-state index contributed by atoms with van der Waals surface area (Å²) >= 11 is 0. The van der Waals surface area contributed by atoms with Gasteiger partial charge in [-0.15, -0.1) is 0 Å². The summed E-state index contributed by atoms with van der Waals surface area (Å²) in [5, 5.41) is 4.58. The Balaban J connectivity index is 1.61. The van der Waals surface area contributed by atoms with Gasteiger partial charge in [0.25, 0.3) is 0 Å². The molecule has 0 bridgehead atoms. The summed E-state index contributed by atoms with van der Waals surface area (Å²) < 4.78 is 5.14. The fourth-order valence-electron chi connectivity index (χ4n) is 3.50. The second-order valence-electron chi connectivity index (χ2n) is 6.68. The number of anilines is 1.